The lowest BCUT2D eigenvalue weighted by Crippen LogP contribution is -2.01. The van der Waals surface area contributed by atoms with Gasteiger partial charge in [-0.25, -0.2) is 14.6 Å². The van der Waals surface area contributed by atoms with Crippen LogP contribution in [0.3, 0.4) is 0 Å². The predicted octanol–water partition coefficient (Wildman–Crippen LogP) is 2.91. The molecule has 0 atom stereocenters. The van der Waals surface area contributed by atoms with Crippen LogP contribution in [0.15, 0.2) is 48.1 Å². The SMILES string of the molecule is CCCOc1ccc(/C=N/Nc2cc(-n3cc(C)cn3)ncn2)c(O)c1. The lowest BCUT2D eigenvalue weighted by atomic mass is 10.2. The molecule has 0 radical (unpaired) electrons. The molecule has 0 amide bonds. The van der Waals surface area contributed by atoms with Crippen molar-refractivity contribution in [2.75, 3.05) is 12.0 Å². The first kappa shape index (κ1) is 17.4. The number of rotatable bonds is 7. The maximum absolute atomic E-state index is 10.0. The summed E-state index contributed by atoms with van der Waals surface area (Å²) in [6.07, 6.45) is 7.48. The maximum atomic E-state index is 10.0. The Bertz CT molecular complexity index is 906. The number of aromatic nitrogens is 4. The van der Waals surface area contributed by atoms with Gasteiger partial charge in [-0.1, -0.05) is 6.92 Å². The third-order valence-electron chi connectivity index (χ3n) is 3.46. The average Bonchev–Trinajstić information content (AvgIpc) is 3.08. The molecule has 0 aliphatic carbocycles. The second-order valence-electron chi connectivity index (χ2n) is 5.66. The molecular formula is C18H20N6O2. The second-order valence-corrected chi connectivity index (χ2v) is 5.66. The highest BCUT2D eigenvalue weighted by Gasteiger charge is 2.03. The van der Waals surface area contributed by atoms with Crippen LogP contribution in [0.5, 0.6) is 11.5 Å². The molecule has 0 aliphatic heterocycles. The minimum absolute atomic E-state index is 0.0968. The first-order valence-electron chi connectivity index (χ1n) is 8.24. The number of benzene rings is 1. The highest BCUT2D eigenvalue weighted by molar-refractivity contribution is 5.84. The quantitative estimate of drug-likeness (QED) is 0.501. The molecule has 0 saturated heterocycles. The molecule has 134 valence electrons. The smallest absolute Gasteiger partial charge is 0.158 e. The average molecular weight is 352 g/mol. The van der Waals surface area contributed by atoms with Crippen molar-refractivity contribution in [3.63, 3.8) is 0 Å². The Kier molecular flexibility index (Phi) is 5.43. The van der Waals surface area contributed by atoms with E-state index in [1.807, 2.05) is 20.0 Å². The molecule has 26 heavy (non-hydrogen) atoms. The van der Waals surface area contributed by atoms with Crippen LogP contribution >= 0.6 is 0 Å². The molecule has 8 nitrogen and oxygen atoms in total. The van der Waals surface area contributed by atoms with E-state index in [-0.39, 0.29) is 5.75 Å². The van der Waals surface area contributed by atoms with E-state index < -0.39 is 0 Å². The van der Waals surface area contributed by atoms with Crippen molar-refractivity contribution in [2.24, 2.45) is 5.10 Å². The molecule has 0 fully saturated rings. The molecule has 2 heterocycles. The van der Waals surface area contributed by atoms with Crippen molar-refractivity contribution < 1.29 is 9.84 Å². The lowest BCUT2D eigenvalue weighted by Gasteiger charge is -2.06. The Morgan fingerprint density at radius 3 is 2.92 bits per heavy atom. The number of hydrogen-bond donors (Lipinski definition) is 2. The summed E-state index contributed by atoms with van der Waals surface area (Å²) in [5.41, 5.74) is 4.43. The monoisotopic (exact) mass is 352 g/mol. The second kappa shape index (κ2) is 8.11. The van der Waals surface area contributed by atoms with Crippen LogP contribution in [-0.2, 0) is 0 Å². The third-order valence-corrected chi connectivity index (χ3v) is 3.46. The summed E-state index contributed by atoms with van der Waals surface area (Å²) >= 11 is 0. The highest BCUT2D eigenvalue weighted by Crippen LogP contribution is 2.22. The van der Waals surface area contributed by atoms with Crippen LogP contribution in [0, 0.1) is 6.92 Å². The zero-order chi connectivity index (χ0) is 18.4. The van der Waals surface area contributed by atoms with Gasteiger partial charge in [-0.15, -0.1) is 0 Å². The molecule has 8 heteroatoms. The number of hydrazone groups is 1. The molecule has 0 saturated carbocycles. The summed E-state index contributed by atoms with van der Waals surface area (Å²) in [6, 6.07) is 6.83. The van der Waals surface area contributed by atoms with Gasteiger partial charge in [0.05, 0.1) is 19.0 Å². The molecule has 0 bridgehead atoms. The van der Waals surface area contributed by atoms with Gasteiger partial charge in [-0.05, 0) is 31.0 Å². The van der Waals surface area contributed by atoms with E-state index in [9.17, 15) is 5.11 Å². The summed E-state index contributed by atoms with van der Waals surface area (Å²) in [6.45, 7) is 4.60. The van der Waals surface area contributed by atoms with Gasteiger partial charge in [0.2, 0.25) is 0 Å². The van der Waals surface area contributed by atoms with Gasteiger partial charge >= 0.3 is 0 Å². The van der Waals surface area contributed by atoms with Crippen molar-refractivity contribution in [3.8, 4) is 17.3 Å². The number of aryl methyl sites for hydroxylation is 1. The zero-order valence-corrected chi connectivity index (χ0v) is 14.6. The van der Waals surface area contributed by atoms with Crippen LogP contribution in [0.2, 0.25) is 0 Å². The van der Waals surface area contributed by atoms with Gasteiger partial charge in [0, 0.05) is 23.9 Å². The van der Waals surface area contributed by atoms with Crippen molar-refractivity contribution in [1.29, 1.82) is 0 Å². The summed E-state index contributed by atoms with van der Waals surface area (Å²) in [7, 11) is 0. The summed E-state index contributed by atoms with van der Waals surface area (Å²) < 4.78 is 7.14. The zero-order valence-electron chi connectivity index (χ0n) is 14.6. The largest absolute Gasteiger partial charge is 0.507 e. The fourth-order valence-corrected chi connectivity index (χ4v) is 2.18. The first-order chi connectivity index (χ1) is 12.7. The Balaban J connectivity index is 1.67. The van der Waals surface area contributed by atoms with Crippen LogP contribution in [0.1, 0.15) is 24.5 Å². The topological polar surface area (TPSA) is 97.5 Å². The van der Waals surface area contributed by atoms with E-state index in [0.717, 1.165) is 12.0 Å². The van der Waals surface area contributed by atoms with E-state index in [4.69, 9.17) is 4.74 Å². The maximum Gasteiger partial charge on any atom is 0.158 e. The fourth-order valence-electron chi connectivity index (χ4n) is 2.18. The van der Waals surface area contributed by atoms with Crippen molar-refractivity contribution >= 4 is 12.0 Å². The normalized spacial score (nSPS) is 11.0. The number of phenolic OH excluding ortho intramolecular Hbond substituents is 1. The van der Waals surface area contributed by atoms with Crippen molar-refractivity contribution in [3.05, 3.63) is 54.1 Å². The summed E-state index contributed by atoms with van der Waals surface area (Å²) in [5, 5.41) is 18.4. The standard InChI is InChI=1S/C18H20N6O2/c1-3-6-26-15-5-4-14(16(25)7-15)10-21-23-17-8-18(20-12-19-17)24-11-13(2)9-22-24/h4-5,7-12,25H,3,6H2,1-2H3,(H,19,20,23)/b21-10+. The van der Waals surface area contributed by atoms with Gasteiger partial charge in [0.15, 0.2) is 11.6 Å². The number of ether oxygens (including phenoxy) is 1. The number of nitrogens with zero attached hydrogens (tertiary/aromatic N) is 5. The Morgan fingerprint density at radius 2 is 2.19 bits per heavy atom. The minimum Gasteiger partial charge on any atom is -0.507 e. The number of hydrogen-bond acceptors (Lipinski definition) is 7. The molecule has 0 unspecified atom stereocenters. The number of phenols is 1. The van der Waals surface area contributed by atoms with Gasteiger partial charge < -0.3 is 9.84 Å². The lowest BCUT2D eigenvalue weighted by molar-refractivity contribution is 0.315. The Hall–Kier alpha value is -3.42. The highest BCUT2D eigenvalue weighted by atomic mass is 16.5. The number of anilines is 1. The molecule has 0 spiro atoms. The van der Waals surface area contributed by atoms with Gasteiger partial charge in [-0.3, -0.25) is 5.43 Å². The van der Waals surface area contributed by atoms with Crippen LogP contribution in [0.4, 0.5) is 5.82 Å². The molecule has 3 aromatic rings. The van der Waals surface area contributed by atoms with Crippen molar-refractivity contribution in [1.82, 2.24) is 19.7 Å². The van der Waals surface area contributed by atoms with Crippen molar-refractivity contribution in [2.45, 2.75) is 20.3 Å². The van der Waals surface area contributed by atoms with Gasteiger partial charge in [0.1, 0.15) is 17.8 Å². The summed E-state index contributed by atoms with van der Waals surface area (Å²) in [5.74, 6) is 1.87. The first-order valence-corrected chi connectivity index (χ1v) is 8.24. The molecule has 1 aromatic carbocycles. The molecule has 2 aromatic heterocycles. The van der Waals surface area contributed by atoms with E-state index in [1.165, 1.54) is 12.5 Å². The molecule has 2 N–H and O–H groups in total. The molecule has 3 rings (SSSR count). The Morgan fingerprint density at radius 1 is 1.31 bits per heavy atom. The van der Waals surface area contributed by atoms with E-state index in [1.54, 1.807) is 35.1 Å². The van der Waals surface area contributed by atoms with Crippen LogP contribution in [0.25, 0.3) is 5.82 Å². The van der Waals surface area contributed by atoms with Crippen LogP contribution in [-0.4, -0.2) is 37.7 Å². The summed E-state index contributed by atoms with van der Waals surface area (Å²) in [4.78, 5) is 8.29. The predicted molar refractivity (Wildman–Crippen MR) is 99.0 cm³/mol. The fraction of sp³-hybridized carbons (Fsp3) is 0.222. The van der Waals surface area contributed by atoms with Gasteiger partial charge in [-0.2, -0.15) is 10.2 Å². The molecule has 0 aliphatic rings. The Labute approximate surface area is 151 Å². The van der Waals surface area contributed by atoms with Gasteiger partial charge in [0.25, 0.3) is 0 Å². The minimum atomic E-state index is 0.0968. The van der Waals surface area contributed by atoms with E-state index in [2.05, 4.69) is 25.6 Å². The van der Waals surface area contributed by atoms with E-state index in [0.29, 0.717) is 29.6 Å². The molecular weight excluding hydrogens is 332 g/mol. The number of nitrogens with one attached hydrogen (secondary N) is 1. The third kappa shape index (κ3) is 4.35. The van der Waals surface area contributed by atoms with E-state index >= 15 is 0 Å². The van der Waals surface area contributed by atoms with Crippen LogP contribution < -0.4 is 10.2 Å². The number of aromatic hydroxyl groups is 1.